The lowest BCUT2D eigenvalue weighted by Crippen LogP contribution is -2.37. The van der Waals surface area contributed by atoms with Crippen molar-refractivity contribution in [2.75, 3.05) is 0 Å². The average Bonchev–Trinajstić information content (AvgIpc) is 2.84. The minimum absolute atomic E-state index is 0.469. The van der Waals surface area contributed by atoms with Crippen LogP contribution in [0.1, 0.15) is 13.8 Å². The summed E-state index contributed by atoms with van der Waals surface area (Å²) in [6.45, 7) is 3.12. The molecule has 2 aromatic rings. The summed E-state index contributed by atoms with van der Waals surface area (Å²) in [7, 11) is 0. The molecule has 0 aliphatic carbocycles. The maximum atomic E-state index is 11.2. The van der Waals surface area contributed by atoms with E-state index < -0.39 is 11.5 Å². The number of rotatable bonds is 3. The van der Waals surface area contributed by atoms with Crippen LogP contribution in [0.4, 0.5) is 0 Å². The largest absolute Gasteiger partial charge is 0.479 e. The van der Waals surface area contributed by atoms with Gasteiger partial charge in [0.2, 0.25) is 0 Å². The second-order valence-electron chi connectivity index (χ2n) is 3.92. The molecule has 0 spiro atoms. The highest BCUT2D eigenvalue weighted by Crippen LogP contribution is 2.27. The van der Waals surface area contributed by atoms with Gasteiger partial charge in [-0.05, 0) is 52.9 Å². The SMILES string of the molecule is CC(C)(C(=O)O)n1nnnc1-c1csc(I)c1. The van der Waals surface area contributed by atoms with Gasteiger partial charge >= 0.3 is 5.97 Å². The van der Waals surface area contributed by atoms with Crippen molar-refractivity contribution in [3.63, 3.8) is 0 Å². The van der Waals surface area contributed by atoms with E-state index in [4.69, 9.17) is 0 Å². The lowest BCUT2D eigenvalue weighted by atomic mass is 10.1. The summed E-state index contributed by atoms with van der Waals surface area (Å²) < 4.78 is 2.42. The Morgan fingerprint density at radius 1 is 1.59 bits per heavy atom. The van der Waals surface area contributed by atoms with Crippen LogP contribution in [0.2, 0.25) is 0 Å². The van der Waals surface area contributed by atoms with E-state index in [9.17, 15) is 9.90 Å². The van der Waals surface area contributed by atoms with E-state index in [0.717, 1.165) is 8.45 Å². The number of halogens is 1. The normalized spacial score (nSPS) is 11.7. The molecule has 2 heterocycles. The molecule has 0 unspecified atom stereocenters. The van der Waals surface area contributed by atoms with E-state index in [0.29, 0.717) is 5.82 Å². The summed E-state index contributed by atoms with van der Waals surface area (Å²) in [5.74, 6) is -0.507. The number of aromatic nitrogens is 4. The Morgan fingerprint density at radius 2 is 2.29 bits per heavy atom. The lowest BCUT2D eigenvalue weighted by Gasteiger charge is -2.19. The number of nitrogens with zero attached hydrogens (tertiary/aromatic N) is 4. The first-order valence-electron chi connectivity index (χ1n) is 4.69. The molecular weight excluding hydrogens is 355 g/mol. The van der Waals surface area contributed by atoms with Gasteiger partial charge in [0.05, 0.1) is 2.88 Å². The number of carbonyl (C=O) groups is 1. The van der Waals surface area contributed by atoms with Crippen LogP contribution in [0.5, 0.6) is 0 Å². The molecule has 0 aromatic carbocycles. The highest BCUT2D eigenvalue weighted by molar-refractivity contribution is 14.1. The van der Waals surface area contributed by atoms with Crippen LogP contribution in [0.25, 0.3) is 11.4 Å². The number of aliphatic carboxylic acids is 1. The predicted molar refractivity (Wildman–Crippen MR) is 70.8 cm³/mol. The Morgan fingerprint density at radius 3 is 2.82 bits per heavy atom. The Bertz CT molecular complexity index is 563. The zero-order valence-corrected chi connectivity index (χ0v) is 12.1. The van der Waals surface area contributed by atoms with Gasteiger partial charge in [-0.15, -0.1) is 16.4 Å². The van der Waals surface area contributed by atoms with Crippen molar-refractivity contribution in [2.45, 2.75) is 19.4 Å². The van der Waals surface area contributed by atoms with Crippen molar-refractivity contribution >= 4 is 39.9 Å². The van der Waals surface area contributed by atoms with Gasteiger partial charge in [-0.1, -0.05) is 0 Å². The molecule has 2 aromatic heterocycles. The second kappa shape index (κ2) is 4.33. The number of hydrogen-bond acceptors (Lipinski definition) is 5. The van der Waals surface area contributed by atoms with Crippen LogP contribution in [0, 0.1) is 2.88 Å². The minimum Gasteiger partial charge on any atom is -0.479 e. The zero-order valence-electron chi connectivity index (χ0n) is 9.09. The molecule has 0 atom stereocenters. The van der Waals surface area contributed by atoms with E-state index in [1.165, 1.54) is 4.68 Å². The maximum absolute atomic E-state index is 11.2. The van der Waals surface area contributed by atoms with E-state index in [-0.39, 0.29) is 0 Å². The van der Waals surface area contributed by atoms with Gasteiger partial charge in [-0.2, -0.15) is 0 Å². The molecule has 1 N–H and O–H groups in total. The van der Waals surface area contributed by atoms with Crippen LogP contribution in [-0.2, 0) is 10.3 Å². The number of tetrazole rings is 1. The lowest BCUT2D eigenvalue weighted by molar-refractivity contribution is -0.146. The van der Waals surface area contributed by atoms with Crippen molar-refractivity contribution in [1.29, 1.82) is 0 Å². The van der Waals surface area contributed by atoms with E-state index in [2.05, 4.69) is 38.1 Å². The van der Waals surface area contributed by atoms with Crippen LogP contribution >= 0.6 is 33.9 Å². The van der Waals surface area contributed by atoms with Crippen LogP contribution in [-0.4, -0.2) is 31.3 Å². The van der Waals surface area contributed by atoms with E-state index in [1.54, 1.807) is 25.2 Å². The summed E-state index contributed by atoms with van der Waals surface area (Å²) >= 11 is 3.76. The van der Waals surface area contributed by atoms with Crippen LogP contribution in [0.15, 0.2) is 11.4 Å². The number of hydrogen-bond donors (Lipinski definition) is 1. The molecule has 6 nitrogen and oxygen atoms in total. The number of carboxylic acids is 1. The fraction of sp³-hybridized carbons (Fsp3) is 0.333. The molecule has 8 heteroatoms. The minimum atomic E-state index is -1.17. The Hall–Kier alpha value is -1.03. The standard InChI is InChI=1S/C9H9IN4O2S/c1-9(2,8(15)16)14-7(11-12-13-14)5-3-6(10)17-4-5/h3-4H,1-2H3,(H,15,16). The molecule has 90 valence electrons. The van der Waals surface area contributed by atoms with Gasteiger partial charge in [0.25, 0.3) is 0 Å². The highest BCUT2D eigenvalue weighted by Gasteiger charge is 2.33. The molecule has 0 amide bonds. The average molecular weight is 364 g/mol. The van der Waals surface area contributed by atoms with Gasteiger partial charge in [0.1, 0.15) is 0 Å². The Balaban J connectivity index is 2.52. The maximum Gasteiger partial charge on any atom is 0.331 e. The molecule has 17 heavy (non-hydrogen) atoms. The molecular formula is C9H9IN4O2S. The first-order valence-corrected chi connectivity index (χ1v) is 6.65. The fourth-order valence-corrected chi connectivity index (χ4v) is 2.59. The third kappa shape index (κ3) is 2.18. The fourth-order valence-electron chi connectivity index (χ4n) is 1.26. The molecule has 2 rings (SSSR count). The van der Waals surface area contributed by atoms with Gasteiger partial charge in [-0.3, -0.25) is 0 Å². The number of thiophene rings is 1. The van der Waals surface area contributed by atoms with Gasteiger partial charge in [-0.25, -0.2) is 9.48 Å². The Kier molecular flexibility index (Phi) is 3.17. The monoisotopic (exact) mass is 364 g/mol. The van der Waals surface area contributed by atoms with Gasteiger partial charge < -0.3 is 5.11 Å². The van der Waals surface area contributed by atoms with E-state index >= 15 is 0 Å². The summed E-state index contributed by atoms with van der Waals surface area (Å²) in [5.41, 5.74) is -0.342. The molecule has 0 saturated carbocycles. The van der Waals surface area contributed by atoms with Crippen LogP contribution in [0.3, 0.4) is 0 Å². The number of carboxylic acid groups (broad SMARTS) is 1. The predicted octanol–water partition coefficient (Wildman–Crippen LogP) is 1.83. The first kappa shape index (κ1) is 12.4. The second-order valence-corrected chi connectivity index (χ2v) is 6.72. The topological polar surface area (TPSA) is 80.9 Å². The zero-order chi connectivity index (χ0) is 12.6. The first-order chi connectivity index (χ1) is 7.93. The van der Waals surface area contributed by atoms with Gasteiger partial charge in [0, 0.05) is 10.9 Å². The molecule has 0 aliphatic rings. The molecule has 0 bridgehead atoms. The quantitative estimate of drug-likeness (QED) is 0.841. The summed E-state index contributed by atoms with van der Waals surface area (Å²) in [6, 6.07) is 1.92. The Labute approximate surface area is 115 Å². The van der Waals surface area contributed by atoms with Crippen molar-refractivity contribution in [3.8, 4) is 11.4 Å². The van der Waals surface area contributed by atoms with Crippen molar-refractivity contribution in [3.05, 3.63) is 14.3 Å². The van der Waals surface area contributed by atoms with Gasteiger partial charge in [0.15, 0.2) is 11.4 Å². The smallest absolute Gasteiger partial charge is 0.331 e. The summed E-state index contributed by atoms with van der Waals surface area (Å²) in [4.78, 5) is 11.2. The highest BCUT2D eigenvalue weighted by atomic mass is 127. The van der Waals surface area contributed by atoms with Crippen molar-refractivity contribution < 1.29 is 9.90 Å². The molecule has 0 saturated heterocycles. The third-order valence-electron chi connectivity index (χ3n) is 2.35. The van der Waals surface area contributed by atoms with Crippen LogP contribution < -0.4 is 0 Å². The molecule has 0 aliphatic heterocycles. The molecule has 0 fully saturated rings. The summed E-state index contributed by atoms with van der Waals surface area (Å²) in [6.07, 6.45) is 0. The third-order valence-corrected chi connectivity index (χ3v) is 4.14. The van der Waals surface area contributed by atoms with Crippen molar-refractivity contribution in [2.24, 2.45) is 0 Å². The summed E-state index contributed by atoms with van der Waals surface area (Å²) in [5, 5.41) is 22.3. The van der Waals surface area contributed by atoms with Crippen molar-refractivity contribution in [1.82, 2.24) is 20.2 Å². The molecule has 0 radical (unpaired) electrons. The van der Waals surface area contributed by atoms with E-state index in [1.807, 2.05) is 11.4 Å².